The third kappa shape index (κ3) is 3.55. The van der Waals surface area contributed by atoms with Crippen LogP contribution in [0.25, 0.3) is 5.57 Å². The molecule has 1 heterocycles. The second kappa shape index (κ2) is 6.93. The Labute approximate surface area is 129 Å². The maximum Gasteiger partial charge on any atom is 0.0450 e. The van der Waals surface area contributed by atoms with Gasteiger partial charge in [-0.05, 0) is 63.7 Å². The number of nitrogens with one attached hydrogen (secondary N) is 1. The number of allylic oxidation sites excluding steroid dienone is 3. The Morgan fingerprint density at radius 2 is 2.00 bits per heavy atom. The lowest BCUT2D eigenvalue weighted by Crippen LogP contribution is -2.06. The van der Waals surface area contributed by atoms with Crippen molar-refractivity contribution in [1.29, 1.82) is 0 Å². The molecule has 2 rings (SSSR count). The molecule has 0 radical (unpaired) electrons. The fourth-order valence-corrected chi connectivity index (χ4v) is 3.53. The molecule has 0 atom stereocenters. The van der Waals surface area contributed by atoms with Crippen LogP contribution in [0.1, 0.15) is 57.7 Å². The van der Waals surface area contributed by atoms with E-state index >= 15 is 0 Å². The molecule has 1 fully saturated rings. The van der Waals surface area contributed by atoms with E-state index in [2.05, 4.69) is 43.7 Å². The predicted octanol–water partition coefficient (Wildman–Crippen LogP) is 5.36. The van der Waals surface area contributed by atoms with Gasteiger partial charge in [0.15, 0.2) is 0 Å². The van der Waals surface area contributed by atoms with Gasteiger partial charge >= 0.3 is 0 Å². The Morgan fingerprint density at radius 3 is 2.57 bits per heavy atom. The summed E-state index contributed by atoms with van der Waals surface area (Å²) in [7, 11) is 0. The lowest BCUT2D eigenvalue weighted by atomic mass is 9.86. The molecule has 1 aliphatic carbocycles. The van der Waals surface area contributed by atoms with Gasteiger partial charge in [-0.1, -0.05) is 25.0 Å². The molecule has 2 nitrogen and oxygen atoms in total. The first kappa shape index (κ1) is 15.8. The van der Waals surface area contributed by atoms with E-state index in [-0.39, 0.29) is 0 Å². The largest absolute Gasteiger partial charge is 0.385 e. The van der Waals surface area contributed by atoms with Gasteiger partial charge in [0.1, 0.15) is 0 Å². The number of aryl methyl sites for hydroxylation is 1. The van der Waals surface area contributed by atoms with Crippen LogP contribution in [-0.2, 0) is 0 Å². The maximum absolute atomic E-state index is 4.51. The number of nitrogens with zero attached hydrogens (tertiary/aromatic N) is 1. The summed E-state index contributed by atoms with van der Waals surface area (Å²) in [5.41, 5.74) is 7.49. The Bertz CT molecular complexity index is 549. The number of pyridine rings is 1. The van der Waals surface area contributed by atoms with Crippen molar-refractivity contribution >= 4 is 11.3 Å². The first-order valence-corrected chi connectivity index (χ1v) is 8.12. The number of aromatic nitrogens is 1. The first-order chi connectivity index (χ1) is 10.0. The Balaban J connectivity index is 2.50. The molecule has 0 saturated heterocycles. The van der Waals surface area contributed by atoms with Gasteiger partial charge in [0.2, 0.25) is 0 Å². The lowest BCUT2D eigenvalue weighted by Gasteiger charge is -2.21. The molecule has 1 aromatic heterocycles. The van der Waals surface area contributed by atoms with Crippen molar-refractivity contribution in [2.24, 2.45) is 5.92 Å². The van der Waals surface area contributed by atoms with E-state index in [4.69, 9.17) is 0 Å². The molecule has 1 aromatic rings. The van der Waals surface area contributed by atoms with E-state index < -0.39 is 0 Å². The summed E-state index contributed by atoms with van der Waals surface area (Å²) in [5.74, 6) is 0.679. The van der Waals surface area contributed by atoms with Gasteiger partial charge in [0.05, 0.1) is 0 Å². The average molecular weight is 284 g/mol. The first-order valence-electron chi connectivity index (χ1n) is 8.12. The minimum absolute atomic E-state index is 0.679. The van der Waals surface area contributed by atoms with Crippen molar-refractivity contribution in [3.63, 3.8) is 0 Å². The van der Waals surface area contributed by atoms with Crippen LogP contribution in [0.5, 0.6) is 0 Å². The van der Waals surface area contributed by atoms with E-state index in [9.17, 15) is 0 Å². The van der Waals surface area contributed by atoms with Gasteiger partial charge in [0.25, 0.3) is 0 Å². The van der Waals surface area contributed by atoms with Gasteiger partial charge in [0, 0.05) is 29.7 Å². The molecule has 0 aliphatic heterocycles. The van der Waals surface area contributed by atoms with E-state index in [0.717, 1.165) is 12.2 Å². The highest BCUT2D eigenvalue weighted by molar-refractivity contribution is 5.79. The molecular weight excluding hydrogens is 256 g/mol. The Morgan fingerprint density at radius 1 is 1.33 bits per heavy atom. The van der Waals surface area contributed by atoms with E-state index in [1.165, 1.54) is 53.7 Å². The lowest BCUT2D eigenvalue weighted by molar-refractivity contribution is 0.651. The third-order valence-electron chi connectivity index (χ3n) is 4.44. The van der Waals surface area contributed by atoms with Crippen LogP contribution in [0, 0.1) is 12.8 Å². The quantitative estimate of drug-likeness (QED) is 0.736. The van der Waals surface area contributed by atoms with Crippen LogP contribution in [0.4, 0.5) is 5.69 Å². The van der Waals surface area contributed by atoms with Gasteiger partial charge in [-0.25, -0.2) is 0 Å². The number of rotatable bonds is 5. The second-order valence-electron chi connectivity index (χ2n) is 6.20. The zero-order valence-electron chi connectivity index (χ0n) is 13.9. The topological polar surface area (TPSA) is 24.9 Å². The molecule has 1 N–H and O–H groups in total. The number of hydrogen-bond acceptors (Lipinski definition) is 2. The minimum Gasteiger partial charge on any atom is -0.385 e. The van der Waals surface area contributed by atoms with Gasteiger partial charge in [-0.2, -0.15) is 0 Å². The van der Waals surface area contributed by atoms with Gasteiger partial charge < -0.3 is 5.32 Å². The van der Waals surface area contributed by atoms with Crippen LogP contribution < -0.4 is 5.32 Å². The number of hydrogen-bond donors (Lipinski definition) is 1. The zero-order chi connectivity index (χ0) is 15.4. The Hall–Kier alpha value is -1.57. The van der Waals surface area contributed by atoms with Gasteiger partial charge in [-0.15, -0.1) is 0 Å². The average Bonchev–Trinajstić information content (AvgIpc) is 2.92. The highest BCUT2D eigenvalue weighted by atomic mass is 14.9. The molecule has 2 heteroatoms. The summed E-state index contributed by atoms with van der Waals surface area (Å²) < 4.78 is 0. The van der Waals surface area contributed by atoms with Crippen LogP contribution in [0.2, 0.25) is 0 Å². The van der Waals surface area contributed by atoms with Crippen LogP contribution in [0.15, 0.2) is 30.0 Å². The molecule has 1 aliphatic rings. The van der Waals surface area contributed by atoms with E-state index in [1.54, 1.807) is 0 Å². The molecule has 0 amide bonds. The van der Waals surface area contributed by atoms with E-state index in [1.807, 2.05) is 13.1 Å². The van der Waals surface area contributed by atoms with E-state index in [0.29, 0.717) is 5.92 Å². The number of anilines is 1. The van der Waals surface area contributed by atoms with Crippen molar-refractivity contribution in [2.45, 2.75) is 53.4 Å². The highest BCUT2D eigenvalue weighted by Gasteiger charge is 2.23. The molecule has 0 spiro atoms. The summed E-state index contributed by atoms with van der Waals surface area (Å²) in [6.45, 7) is 13.7. The van der Waals surface area contributed by atoms with Crippen LogP contribution in [-0.4, -0.2) is 11.5 Å². The predicted molar refractivity (Wildman–Crippen MR) is 92.5 cm³/mol. The fraction of sp³-hybridized carbons (Fsp3) is 0.526. The van der Waals surface area contributed by atoms with Gasteiger partial charge in [-0.3, -0.25) is 4.98 Å². The fourth-order valence-electron chi connectivity index (χ4n) is 3.53. The summed E-state index contributed by atoms with van der Waals surface area (Å²) in [6, 6.07) is 2.15. The second-order valence-corrected chi connectivity index (χ2v) is 6.20. The summed E-state index contributed by atoms with van der Waals surface area (Å²) in [5, 5.41) is 3.48. The zero-order valence-corrected chi connectivity index (χ0v) is 13.9. The minimum atomic E-state index is 0.679. The molecular formula is C19H28N2. The molecule has 114 valence electrons. The van der Waals surface area contributed by atoms with Crippen molar-refractivity contribution < 1.29 is 0 Å². The smallest absolute Gasteiger partial charge is 0.0450 e. The highest BCUT2D eigenvalue weighted by Crippen LogP contribution is 2.39. The summed E-state index contributed by atoms with van der Waals surface area (Å²) in [6.07, 6.45) is 7.31. The Kier molecular flexibility index (Phi) is 5.22. The monoisotopic (exact) mass is 284 g/mol. The summed E-state index contributed by atoms with van der Waals surface area (Å²) in [4.78, 5) is 4.51. The molecule has 0 aromatic carbocycles. The molecule has 0 bridgehead atoms. The summed E-state index contributed by atoms with van der Waals surface area (Å²) >= 11 is 0. The molecule has 21 heavy (non-hydrogen) atoms. The standard InChI is InChI=1S/C19H28N2/c1-6-20-18-11-14(4)21-12-17(18)15(5)19(13(2)3)16-9-7-8-10-16/h11-12,16H,2,6-10H2,1,3-5H3,(H,20,21)/b19-15-. The van der Waals surface area contributed by atoms with Crippen molar-refractivity contribution in [2.75, 3.05) is 11.9 Å². The van der Waals surface area contributed by atoms with Crippen LogP contribution >= 0.6 is 0 Å². The normalized spacial score (nSPS) is 16.8. The molecule has 0 unspecified atom stereocenters. The van der Waals surface area contributed by atoms with Crippen molar-refractivity contribution in [3.05, 3.63) is 41.2 Å². The SMILES string of the molecule is C=C(C)/C(=C(\C)c1cnc(C)cc1NCC)C1CCCC1. The third-order valence-corrected chi connectivity index (χ3v) is 4.44. The van der Waals surface area contributed by atoms with Crippen LogP contribution in [0.3, 0.4) is 0 Å². The van der Waals surface area contributed by atoms with Crippen molar-refractivity contribution in [1.82, 2.24) is 4.98 Å². The van der Waals surface area contributed by atoms with Crippen molar-refractivity contribution in [3.8, 4) is 0 Å². The maximum atomic E-state index is 4.51. The molecule has 1 saturated carbocycles.